The van der Waals surface area contributed by atoms with Crippen molar-refractivity contribution in [1.29, 1.82) is 5.41 Å². The quantitative estimate of drug-likeness (QED) is 0.180. The molecule has 0 saturated heterocycles. The predicted molar refractivity (Wildman–Crippen MR) is 171 cm³/mol. The summed E-state index contributed by atoms with van der Waals surface area (Å²) in [6, 6.07) is 46.4. The number of benzene rings is 6. The summed E-state index contributed by atoms with van der Waals surface area (Å²) < 4.78 is 6.32. The number of hydrogen-bond acceptors (Lipinski definition) is 2. The Morgan fingerprint density at radius 3 is 2.17 bits per heavy atom. The molecule has 0 amide bonds. The van der Waals surface area contributed by atoms with Crippen molar-refractivity contribution in [3.05, 3.63) is 156 Å². The number of amidine groups is 2. The van der Waals surface area contributed by atoms with Crippen molar-refractivity contribution in [1.82, 2.24) is 0 Å². The number of aliphatic imine (C=N–C) groups is 2. The second-order valence-electron chi connectivity index (χ2n) is 9.84. The van der Waals surface area contributed by atoms with Gasteiger partial charge < -0.3 is 4.42 Å². The Hall–Kier alpha value is -5.61. The van der Waals surface area contributed by atoms with Gasteiger partial charge in [0.05, 0.1) is 0 Å². The van der Waals surface area contributed by atoms with Crippen molar-refractivity contribution in [3.63, 3.8) is 0 Å². The van der Waals surface area contributed by atoms with E-state index in [1.807, 2.05) is 103 Å². The van der Waals surface area contributed by atoms with E-state index in [-0.39, 0.29) is 5.84 Å². The molecule has 6 aromatic carbocycles. The first-order chi connectivity index (χ1) is 20.2. The molecule has 41 heavy (non-hydrogen) atoms. The van der Waals surface area contributed by atoms with Gasteiger partial charge in [0.15, 0.2) is 11.7 Å². The highest BCUT2D eigenvalue weighted by Gasteiger charge is 2.14. The van der Waals surface area contributed by atoms with Crippen molar-refractivity contribution in [3.8, 4) is 11.1 Å². The van der Waals surface area contributed by atoms with Gasteiger partial charge in [0.25, 0.3) is 0 Å². The van der Waals surface area contributed by atoms with Crippen LogP contribution >= 0.6 is 0 Å². The minimum atomic E-state index is 0.134. The average Bonchev–Trinajstić information content (AvgIpc) is 3.42. The largest absolute Gasteiger partial charge is 0.455 e. The van der Waals surface area contributed by atoms with Crippen LogP contribution in [-0.4, -0.2) is 17.9 Å². The van der Waals surface area contributed by atoms with Crippen molar-refractivity contribution >= 4 is 50.6 Å². The number of fused-ring (bicyclic) bond motifs is 4. The Labute approximate surface area is 237 Å². The Balaban J connectivity index is 1.29. The highest BCUT2D eigenvalue weighted by atomic mass is 16.3. The van der Waals surface area contributed by atoms with Crippen molar-refractivity contribution in [2.24, 2.45) is 9.98 Å². The summed E-state index contributed by atoms with van der Waals surface area (Å²) in [5.74, 6) is 0.612. The van der Waals surface area contributed by atoms with E-state index >= 15 is 0 Å². The molecule has 0 radical (unpaired) electrons. The highest BCUT2D eigenvalue weighted by molar-refractivity contribution is 6.16. The maximum Gasteiger partial charge on any atom is 0.161 e. The van der Waals surface area contributed by atoms with Gasteiger partial charge in [-0.2, -0.15) is 0 Å². The average molecular weight is 528 g/mol. The first kappa shape index (κ1) is 24.4. The molecule has 1 heterocycles. The Bertz CT molecular complexity index is 2100. The molecule has 4 heteroatoms. The SMILES string of the molecule is N=C(N=C(N=Cc1cccc2ccccc12)c1ccccc1)c1ccc2oc3c(-c4ccccc4)cccc3c2c1. The molecule has 7 rings (SSSR count). The predicted octanol–water partition coefficient (Wildman–Crippen LogP) is 9.30. The zero-order chi connectivity index (χ0) is 27.6. The van der Waals surface area contributed by atoms with Crippen molar-refractivity contribution < 1.29 is 4.42 Å². The summed E-state index contributed by atoms with van der Waals surface area (Å²) in [6.45, 7) is 0. The lowest BCUT2D eigenvalue weighted by atomic mass is 10.0. The second-order valence-corrected chi connectivity index (χ2v) is 9.84. The monoisotopic (exact) mass is 527 g/mol. The maximum atomic E-state index is 8.94. The molecule has 0 saturated carbocycles. The molecule has 0 aliphatic rings. The van der Waals surface area contributed by atoms with E-state index in [0.717, 1.165) is 55.0 Å². The lowest BCUT2D eigenvalue weighted by Crippen LogP contribution is -2.04. The molecule has 0 aliphatic carbocycles. The van der Waals surface area contributed by atoms with Gasteiger partial charge in [0, 0.05) is 39.2 Å². The van der Waals surface area contributed by atoms with Crippen molar-refractivity contribution in [2.75, 3.05) is 0 Å². The number of rotatable bonds is 4. The van der Waals surface area contributed by atoms with Crippen LogP contribution in [0.4, 0.5) is 0 Å². The third-order valence-corrected chi connectivity index (χ3v) is 7.25. The minimum absolute atomic E-state index is 0.134. The summed E-state index contributed by atoms with van der Waals surface area (Å²) in [7, 11) is 0. The molecule has 0 fully saturated rings. The van der Waals surface area contributed by atoms with E-state index in [9.17, 15) is 0 Å². The van der Waals surface area contributed by atoms with Crippen LogP contribution < -0.4 is 0 Å². The summed E-state index contributed by atoms with van der Waals surface area (Å²) in [5, 5.41) is 13.2. The van der Waals surface area contributed by atoms with Crippen LogP contribution in [0, 0.1) is 5.41 Å². The topological polar surface area (TPSA) is 61.7 Å². The third kappa shape index (κ3) is 4.72. The molecule has 0 aliphatic heterocycles. The Morgan fingerprint density at radius 2 is 1.32 bits per heavy atom. The molecular formula is C37H25N3O. The third-order valence-electron chi connectivity index (χ3n) is 7.25. The van der Waals surface area contributed by atoms with Gasteiger partial charge in [-0.25, -0.2) is 9.98 Å². The first-order valence-corrected chi connectivity index (χ1v) is 13.5. The van der Waals surface area contributed by atoms with Gasteiger partial charge in [-0.15, -0.1) is 0 Å². The van der Waals surface area contributed by atoms with Gasteiger partial charge in [-0.05, 0) is 34.5 Å². The second kappa shape index (κ2) is 10.5. The number of furan rings is 1. The zero-order valence-electron chi connectivity index (χ0n) is 22.2. The fourth-order valence-electron chi connectivity index (χ4n) is 5.21. The first-order valence-electron chi connectivity index (χ1n) is 13.5. The number of hydrogen-bond donors (Lipinski definition) is 1. The van der Waals surface area contributed by atoms with Crippen LogP contribution in [0.2, 0.25) is 0 Å². The normalized spacial score (nSPS) is 12.0. The Kier molecular flexibility index (Phi) is 6.26. The minimum Gasteiger partial charge on any atom is -0.455 e. The molecule has 4 nitrogen and oxygen atoms in total. The van der Waals surface area contributed by atoms with Gasteiger partial charge in [-0.3, -0.25) is 5.41 Å². The summed E-state index contributed by atoms with van der Waals surface area (Å²) in [5.41, 5.74) is 6.30. The molecule has 194 valence electrons. The van der Waals surface area contributed by atoms with Gasteiger partial charge >= 0.3 is 0 Å². The number of nitrogens with zero attached hydrogens (tertiary/aromatic N) is 2. The van der Waals surface area contributed by atoms with E-state index in [1.54, 1.807) is 0 Å². The van der Waals surface area contributed by atoms with Crippen molar-refractivity contribution in [2.45, 2.75) is 0 Å². The van der Waals surface area contributed by atoms with Gasteiger partial charge in [0.1, 0.15) is 11.2 Å². The van der Waals surface area contributed by atoms with E-state index in [2.05, 4.69) is 42.5 Å². The molecule has 0 bridgehead atoms. The van der Waals surface area contributed by atoms with E-state index < -0.39 is 0 Å². The van der Waals surface area contributed by atoms with Gasteiger partial charge in [0.2, 0.25) is 0 Å². The standard InChI is InChI=1S/C37H25N3O/c38-36(28-21-22-34-33(23-28)32-20-10-19-31(35(32)41-34)26-11-3-1-4-12-26)40-37(27-14-5-2-6-15-27)39-24-29-17-9-16-25-13-7-8-18-30(25)29/h1-24,38H. The van der Waals surface area contributed by atoms with Crippen LogP contribution in [-0.2, 0) is 0 Å². The van der Waals surface area contributed by atoms with E-state index in [0.29, 0.717) is 11.4 Å². The fourth-order valence-corrected chi connectivity index (χ4v) is 5.21. The van der Waals surface area contributed by atoms with E-state index in [1.165, 1.54) is 0 Å². The molecule has 0 unspecified atom stereocenters. The maximum absolute atomic E-state index is 8.94. The Morgan fingerprint density at radius 1 is 0.610 bits per heavy atom. The van der Waals surface area contributed by atoms with Crippen LogP contribution in [0.5, 0.6) is 0 Å². The number of para-hydroxylation sites is 1. The molecule has 1 N–H and O–H groups in total. The highest BCUT2D eigenvalue weighted by Crippen LogP contribution is 2.36. The lowest BCUT2D eigenvalue weighted by Gasteiger charge is -2.05. The summed E-state index contributed by atoms with van der Waals surface area (Å²) >= 11 is 0. The van der Waals surface area contributed by atoms with Crippen LogP contribution in [0.1, 0.15) is 16.7 Å². The molecule has 0 spiro atoms. The lowest BCUT2D eigenvalue weighted by molar-refractivity contribution is 0.670. The number of nitrogens with one attached hydrogen (secondary N) is 1. The molecule has 1 aromatic heterocycles. The molecular weight excluding hydrogens is 502 g/mol. The van der Waals surface area contributed by atoms with E-state index in [4.69, 9.17) is 19.8 Å². The van der Waals surface area contributed by atoms with Gasteiger partial charge in [-0.1, -0.05) is 121 Å². The zero-order valence-corrected chi connectivity index (χ0v) is 22.2. The molecule has 0 atom stereocenters. The smallest absolute Gasteiger partial charge is 0.161 e. The van der Waals surface area contributed by atoms with Crippen LogP contribution in [0.25, 0.3) is 43.8 Å². The van der Waals surface area contributed by atoms with Crippen LogP contribution in [0.3, 0.4) is 0 Å². The summed E-state index contributed by atoms with van der Waals surface area (Å²) in [4.78, 5) is 9.51. The summed E-state index contributed by atoms with van der Waals surface area (Å²) in [6.07, 6.45) is 1.83. The molecule has 7 aromatic rings. The van der Waals surface area contributed by atoms with Crippen LogP contribution in [0.15, 0.2) is 154 Å². The fraction of sp³-hybridized carbons (Fsp3) is 0.